The summed E-state index contributed by atoms with van der Waals surface area (Å²) in [4.78, 5) is 0. The predicted octanol–water partition coefficient (Wildman–Crippen LogP) is 3.05. The van der Waals surface area contributed by atoms with Gasteiger partial charge in [0.2, 0.25) is 0 Å². The Hall–Kier alpha value is -0.760. The summed E-state index contributed by atoms with van der Waals surface area (Å²) in [6.45, 7) is 5.36. The van der Waals surface area contributed by atoms with Gasteiger partial charge in [-0.05, 0) is 30.9 Å². The summed E-state index contributed by atoms with van der Waals surface area (Å²) in [5.41, 5.74) is 1.44. The zero-order valence-corrected chi connectivity index (χ0v) is 9.81. The number of hydrogen-bond donors (Lipinski definition) is 1. The topological polar surface area (TPSA) is 25.2 Å². The first-order chi connectivity index (χ1) is 7.33. The third-order valence-electron chi connectivity index (χ3n) is 3.10. The summed E-state index contributed by atoms with van der Waals surface area (Å²) < 4.78 is 5.81. The molecule has 2 heteroatoms. The lowest BCUT2D eigenvalue weighted by Gasteiger charge is -2.22. The van der Waals surface area contributed by atoms with E-state index in [1.54, 1.807) is 0 Å². The first kappa shape index (κ1) is 10.7. The largest absolute Gasteiger partial charge is 0.464 e. The standard InChI is InChI=1S/C13H21NO/c1-3-5-11-7-10-8-12(6-4-2)15-13(10)9-14-11/h8,11,14H,3-7,9H2,1-2H3. The van der Waals surface area contributed by atoms with E-state index in [9.17, 15) is 0 Å². The van der Waals surface area contributed by atoms with E-state index in [2.05, 4.69) is 25.2 Å². The Balaban J connectivity index is 2.05. The molecule has 1 aromatic heterocycles. The molecule has 1 aliphatic heterocycles. The van der Waals surface area contributed by atoms with Gasteiger partial charge in [-0.25, -0.2) is 0 Å². The van der Waals surface area contributed by atoms with Gasteiger partial charge in [-0.2, -0.15) is 0 Å². The van der Waals surface area contributed by atoms with Gasteiger partial charge in [-0.1, -0.05) is 20.3 Å². The predicted molar refractivity (Wildman–Crippen MR) is 61.9 cm³/mol. The van der Waals surface area contributed by atoms with Crippen LogP contribution in [0.2, 0.25) is 0 Å². The van der Waals surface area contributed by atoms with Gasteiger partial charge in [0.25, 0.3) is 0 Å². The summed E-state index contributed by atoms with van der Waals surface area (Å²) >= 11 is 0. The van der Waals surface area contributed by atoms with Crippen molar-refractivity contribution in [2.75, 3.05) is 0 Å². The number of fused-ring (bicyclic) bond motifs is 1. The van der Waals surface area contributed by atoms with Gasteiger partial charge in [0.1, 0.15) is 11.5 Å². The number of aryl methyl sites for hydroxylation is 1. The summed E-state index contributed by atoms with van der Waals surface area (Å²) in [5, 5.41) is 3.54. The van der Waals surface area contributed by atoms with Crippen molar-refractivity contribution in [3.05, 3.63) is 23.2 Å². The molecule has 2 nitrogen and oxygen atoms in total. The van der Waals surface area contributed by atoms with E-state index in [4.69, 9.17) is 4.42 Å². The molecule has 0 radical (unpaired) electrons. The van der Waals surface area contributed by atoms with Gasteiger partial charge < -0.3 is 9.73 Å². The molecule has 2 rings (SSSR count). The lowest BCUT2D eigenvalue weighted by atomic mass is 9.98. The summed E-state index contributed by atoms with van der Waals surface area (Å²) in [7, 11) is 0. The number of furan rings is 1. The molecule has 0 bridgehead atoms. The Morgan fingerprint density at radius 2 is 2.27 bits per heavy atom. The van der Waals surface area contributed by atoms with E-state index >= 15 is 0 Å². The number of hydrogen-bond acceptors (Lipinski definition) is 2. The van der Waals surface area contributed by atoms with Crippen molar-refractivity contribution in [3.63, 3.8) is 0 Å². The van der Waals surface area contributed by atoms with Crippen LogP contribution in [-0.4, -0.2) is 6.04 Å². The Labute approximate surface area is 92.1 Å². The molecular weight excluding hydrogens is 186 g/mol. The molecule has 0 aliphatic carbocycles. The van der Waals surface area contributed by atoms with Crippen molar-refractivity contribution in [2.45, 2.75) is 58.5 Å². The molecule has 1 unspecified atom stereocenters. The smallest absolute Gasteiger partial charge is 0.121 e. The highest BCUT2D eigenvalue weighted by atomic mass is 16.3. The lowest BCUT2D eigenvalue weighted by Crippen LogP contribution is -2.34. The molecule has 0 saturated carbocycles. The zero-order valence-electron chi connectivity index (χ0n) is 9.81. The van der Waals surface area contributed by atoms with Crippen LogP contribution in [0.5, 0.6) is 0 Å². The Morgan fingerprint density at radius 1 is 1.40 bits per heavy atom. The van der Waals surface area contributed by atoms with Gasteiger partial charge in [-0.3, -0.25) is 0 Å². The highest BCUT2D eigenvalue weighted by molar-refractivity contribution is 5.25. The normalized spacial score (nSPS) is 20.3. The third-order valence-corrected chi connectivity index (χ3v) is 3.10. The highest BCUT2D eigenvalue weighted by Crippen LogP contribution is 2.23. The van der Waals surface area contributed by atoms with Crippen molar-refractivity contribution in [2.24, 2.45) is 0 Å². The molecule has 1 atom stereocenters. The van der Waals surface area contributed by atoms with Gasteiger partial charge in [-0.15, -0.1) is 0 Å². The van der Waals surface area contributed by atoms with Crippen LogP contribution in [0.15, 0.2) is 10.5 Å². The van der Waals surface area contributed by atoms with Crippen molar-refractivity contribution < 1.29 is 4.42 Å². The van der Waals surface area contributed by atoms with E-state index in [0.29, 0.717) is 6.04 Å². The monoisotopic (exact) mass is 207 g/mol. The van der Waals surface area contributed by atoms with Crippen LogP contribution in [-0.2, 0) is 19.4 Å². The van der Waals surface area contributed by atoms with Gasteiger partial charge in [0.15, 0.2) is 0 Å². The minimum atomic E-state index is 0.662. The zero-order chi connectivity index (χ0) is 10.7. The van der Waals surface area contributed by atoms with E-state index in [-0.39, 0.29) is 0 Å². The summed E-state index contributed by atoms with van der Waals surface area (Å²) in [6.07, 6.45) is 5.92. The molecule has 0 fully saturated rings. The number of nitrogens with one attached hydrogen (secondary N) is 1. The second-order valence-corrected chi connectivity index (χ2v) is 4.48. The average Bonchev–Trinajstić information content (AvgIpc) is 2.60. The molecule has 0 amide bonds. The third kappa shape index (κ3) is 2.43. The molecule has 2 heterocycles. The van der Waals surface area contributed by atoms with E-state index in [1.165, 1.54) is 29.9 Å². The molecule has 0 aromatic carbocycles. The van der Waals surface area contributed by atoms with Crippen molar-refractivity contribution in [1.29, 1.82) is 0 Å². The van der Waals surface area contributed by atoms with Crippen LogP contribution in [0, 0.1) is 0 Å². The van der Waals surface area contributed by atoms with Crippen molar-refractivity contribution >= 4 is 0 Å². The summed E-state index contributed by atoms with van der Waals surface area (Å²) in [5.74, 6) is 2.34. The quantitative estimate of drug-likeness (QED) is 0.821. The van der Waals surface area contributed by atoms with Crippen LogP contribution in [0.3, 0.4) is 0 Å². The Bertz CT molecular complexity index is 316. The Morgan fingerprint density at radius 3 is 3.00 bits per heavy atom. The van der Waals surface area contributed by atoms with E-state index in [1.807, 2.05) is 0 Å². The fraction of sp³-hybridized carbons (Fsp3) is 0.692. The SMILES string of the molecule is CCCc1cc2c(o1)CNC(CCC)C2. The Kier molecular flexibility index (Phi) is 3.47. The van der Waals surface area contributed by atoms with Crippen LogP contribution in [0.4, 0.5) is 0 Å². The lowest BCUT2D eigenvalue weighted by molar-refractivity contribution is 0.381. The average molecular weight is 207 g/mol. The van der Waals surface area contributed by atoms with Crippen LogP contribution < -0.4 is 5.32 Å². The molecule has 1 aliphatic rings. The van der Waals surface area contributed by atoms with E-state index in [0.717, 1.165) is 25.8 Å². The van der Waals surface area contributed by atoms with Gasteiger partial charge >= 0.3 is 0 Å². The minimum absolute atomic E-state index is 0.662. The molecular formula is C13H21NO. The maximum atomic E-state index is 5.81. The minimum Gasteiger partial charge on any atom is -0.464 e. The van der Waals surface area contributed by atoms with Gasteiger partial charge in [0.05, 0.1) is 6.54 Å². The van der Waals surface area contributed by atoms with Crippen LogP contribution >= 0.6 is 0 Å². The molecule has 0 spiro atoms. The fourth-order valence-corrected chi connectivity index (χ4v) is 2.35. The van der Waals surface area contributed by atoms with E-state index < -0.39 is 0 Å². The van der Waals surface area contributed by atoms with Crippen LogP contribution in [0.25, 0.3) is 0 Å². The summed E-state index contributed by atoms with van der Waals surface area (Å²) in [6, 6.07) is 2.93. The first-order valence-electron chi connectivity index (χ1n) is 6.17. The van der Waals surface area contributed by atoms with Gasteiger partial charge in [0, 0.05) is 12.5 Å². The highest BCUT2D eigenvalue weighted by Gasteiger charge is 2.20. The molecule has 1 N–H and O–H groups in total. The van der Waals surface area contributed by atoms with Crippen LogP contribution in [0.1, 0.15) is 50.2 Å². The van der Waals surface area contributed by atoms with Crippen molar-refractivity contribution in [1.82, 2.24) is 5.32 Å². The fourth-order valence-electron chi connectivity index (χ4n) is 2.35. The number of rotatable bonds is 4. The molecule has 0 saturated heterocycles. The van der Waals surface area contributed by atoms with Crippen molar-refractivity contribution in [3.8, 4) is 0 Å². The maximum Gasteiger partial charge on any atom is 0.121 e. The molecule has 84 valence electrons. The molecule has 1 aromatic rings. The molecule has 15 heavy (non-hydrogen) atoms. The second-order valence-electron chi connectivity index (χ2n) is 4.48. The maximum absolute atomic E-state index is 5.81. The second kappa shape index (κ2) is 4.84. The first-order valence-corrected chi connectivity index (χ1v) is 6.17.